The molecule has 0 aromatic rings. The molecule has 1 aliphatic rings. The van der Waals surface area contributed by atoms with E-state index < -0.39 is 12.1 Å². The van der Waals surface area contributed by atoms with Crippen LogP contribution in [0, 0.1) is 5.92 Å². The number of rotatable bonds is 1. The number of carboxylic acids is 1. The van der Waals surface area contributed by atoms with Gasteiger partial charge in [-0.1, -0.05) is 0 Å². The quantitative estimate of drug-likeness (QED) is 0.533. The number of carbonyl (C=O) groups is 1. The number of carboxylic acid groups (broad SMARTS) is 1. The molecule has 0 spiro atoms. The molecule has 0 saturated heterocycles. The van der Waals surface area contributed by atoms with E-state index >= 15 is 0 Å². The van der Waals surface area contributed by atoms with Crippen LogP contribution in [0.2, 0.25) is 0 Å². The Balaban J connectivity index is 2.25. The van der Waals surface area contributed by atoms with Crippen molar-refractivity contribution in [3.05, 3.63) is 0 Å². The van der Waals surface area contributed by atoms with E-state index in [0.29, 0.717) is 12.8 Å². The summed E-state index contributed by atoms with van der Waals surface area (Å²) in [5, 5.41) is 18.4. The summed E-state index contributed by atoms with van der Waals surface area (Å²) in [5.41, 5.74) is 0. The van der Waals surface area contributed by atoms with Crippen LogP contribution in [-0.4, -0.2) is 17.2 Å². The fraction of sp³-hybridized carbons (Fsp3) is 0.800. The first-order valence-corrected chi connectivity index (χ1v) is 2.59. The summed E-state index contributed by atoms with van der Waals surface area (Å²) in [6, 6.07) is 0. The van der Waals surface area contributed by atoms with Gasteiger partial charge in [0.15, 0.2) is 0 Å². The van der Waals surface area contributed by atoms with Gasteiger partial charge in [-0.05, 0) is 12.8 Å². The maximum absolute atomic E-state index is 10.2. The molecule has 0 heterocycles. The minimum atomic E-state index is -0.822. The van der Waals surface area contributed by atoms with Crippen molar-refractivity contribution in [1.29, 1.82) is 0 Å². The summed E-state index contributed by atoms with van der Waals surface area (Å²) >= 11 is 0. The minimum Gasteiger partial charge on any atom is -0.481 e. The molecule has 0 aromatic carbocycles. The van der Waals surface area contributed by atoms with Crippen molar-refractivity contribution < 1.29 is 15.0 Å². The van der Waals surface area contributed by atoms with Crippen LogP contribution >= 0.6 is 0 Å². The predicted octanol–water partition coefficient (Wildman–Crippen LogP) is 0.280. The highest BCUT2D eigenvalue weighted by Crippen LogP contribution is 2.27. The SMILES string of the molecule is [O]C1CC(C(=O)O)C1. The number of hydrogen-bond acceptors (Lipinski definition) is 1. The van der Waals surface area contributed by atoms with Gasteiger partial charge in [0.2, 0.25) is 0 Å². The van der Waals surface area contributed by atoms with Crippen molar-refractivity contribution in [3.63, 3.8) is 0 Å². The van der Waals surface area contributed by atoms with Gasteiger partial charge in [0.05, 0.1) is 12.0 Å². The Labute approximate surface area is 46.9 Å². The van der Waals surface area contributed by atoms with E-state index in [0.717, 1.165) is 0 Å². The molecule has 1 radical (unpaired) electrons. The smallest absolute Gasteiger partial charge is 0.306 e. The van der Waals surface area contributed by atoms with Crippen LogP contribution in [0.3, 0.4) is 0 Å². The molecular weight excluding hydrogens is 108 g/mol. The van der Waals surface area contributed by atoms with E-state index in [9.17, 15) is 9.90 Å². The molecule has 45 valence electrons. The van der Waals surface area contributed by atoms with E-state index in [1.165, 1.54) is 0 Å². The first-order chi connectivity index (χ1) is 3.70. The highest BCUT2D eigenvalue weighted by Gasteiger charge is 2.33. The highest BCUT2D eigenvalue weighted by molar-refractivity contribution is 5.71. The van der Waals surface area contributed by atoms with E-state index in [-0.39, 0.29) is 5.92 Å². The fourth-order valence-electron chi connectivity index (χ4n) is 0.767. The lowest BCUT2D eigenvalue weighted by molar-refractivity contribution is -0.151. The topological polar surface area (TPSA) is 57.2 Å². The molecule has 3 heteroatoms. The Morgan fingerprint density at radius 3 is 2.12 bits per heavy atom. The molecule has 0 bridgehead atoms. The van der Waals surface area contributed by atoms with Crippen molar-refractivity contribution in [2.45, 2.75) is 18.9 Å². The maximum Gasteiger partial charge on any atom is 0.306 e. The van der Waals surface area contributed by atoms with Crippen molar-refractivity contribution >= 4 is 5.97 Å². The standard InChI is InChI=1S/C5H7O3/c6-4-1-3(2-4)5(7)8/h3-4H,1-2H2,(H,7,8). The third-order valence-corrected chi connectivity index (χ3v) is 1.44. The lowest BCUT2D eigenvalue weighted by Gasteiger charge is -2.25. The molecule has 0 unspecified atom stereocenters. The fourth-order valence-corrected chi connectivity index (χ4v) is 0.767. The van der Waals surface area contributed by atoms with Crippen LogP contribution in [-0.2, 0) is 9.90 Å². The largest absolute Gasteiger partial charge is 0.481 e. The second-order valence-electron chi connectivity index (χ2n) is 2.13. The van der Waals surface area contributed by atoms with Gasteiger partial charge in [-0.25, -0.2) is 5.11 Å². The molecular formula is C5H7O3. The van der Waals surface area contributed by atoms with Gasteiger partial charge in [-0.3, -0.25) is 4.79 Å². The Morgan fingerprint density at radius 1 is 1.50 bits per heavy atom. The molecule has 0 aromatic heterocycles. The Kier molecular flexibility index (Phi) is 1.21. The van der Waals surface area contributed by atoms with E-state index in [2.05, 4.69) is 0 Å². The van der Waals surface area contributed by atoms with Gasteiger partial charge in [-0.15, -0.1) is 0 Å². The molecule has 1 saturated carbocycles. The van der Waals surface area contributed by atoms with Crippen LogP contribution < -0.4 is 0 Å². The van der Waals surface area contributed by atoms with Crippen molar-refractivity contribution in [2.24, 2.45) is 5.92 Å². The van der Waals surface area contributed by atoms with Gasteiger partial charge in [-0.2, -0.15) is 0 Å². The van der Waals surface area contributed by atoms with Crippen LogP contribution in [0.25, 0.3) is 0 Å². The van der Waals surface area contributed by atoms with E-state index in [1.807, 2.05) is 0 Å². The summed E-state index contributed by atoms with van der Waals surface area (Å²) in [5.74, 6) is -1.16. The van der Waals surface area contributed by atoms with Crippen molar-refractivity contribution in [3.8, 4) is 0 Å². The van der Waals surface area contributed by atoms with E-state index in [4.69, 9.17) is 5.11 Å². The first kappa shape index (κ1) is 5.56. The number of hydrogen-bond donors (Lipinski definition) is 1. The zero-order valence-corrected chi connectivity index (χ0v) is 4.33. The normalized spacial score (nSPS) is 36.1. The summed E-state index contributed by atoms with van der Waals surface area (Å²) in [4.78, 5) is 9.99. The first-order valence-electron chi connectivity index (χ1n) is 2.59. The van der Waals surface area contributed by atoms with Gasteiger partial charge in [0.1, 0.15) is 0 Å². The summed E-state index contributed by atoms with van der Waals surface area (Å²) in [6.07, 6.45) is 0.0566. The molecule has 1 aliphatic carbocycles. The zero-order valence-electron chi connectivity index (χ0n) is 4.33. The van der Waals surface area contributed by atoms with Gasteiger partial charge < -0.3 is 5.11 Å². The minimum absolute atomic E-state index is 0.329. The molecule has 0 atom stereocenters. The lowest BCUT2D eigenvalue weighted by atomic mass is 9.83. The second kappa shape index (κ2) is 1.74. The molecule has 0 amide bonds. The number of aliphatic carboxylic acids is 1. The second-order valence-corrected chi connectivity index (χ2v) is 2.13. The maximum atomic E-state index is 10.2. The van der Waals surface area contributed by atoms with Gasteiger partial charge >= 0.3 is 5.97 Å². The van der Waals surface area contributed by atoms with Crippen LogP contribution in [0.5, 0.6) is 0 Å². The summed E-state index contributed by atoms with van der Waals surface area (Å²) < 4.78 is 0. The zero-order chi connectivity index (χ0) is 6.15. The third kappa shape index (κ3) is 0.816. The lowest BCUT2D eigenvalue weighted by Crippen LogP contribution is -2.33. The molecule has 1 fully saturated rings. The predicted molar refractivity (Wildman–Crippen MR) is 24.8 cm³/mol. The molecule has 8 heavy (non-hydrogen) atoms. The van der Waals surface area contributed by atoms with E-state index in [1.54, 1.807) is 0 Å². The molecule has 1 rings (SSSR count). The summed E-state index contributed by atoms with van der Waals surface area (Å²) in [7, 11) is 0. The average molecular weight is 115 g/mol. The Morgan fingerprint density at radius 2 is 2.00 bits per heavy atom. The summed E-state index contributed by atoms with van der Waals surface area (Å²) in [6.45, 7) is 0. The monoisotopic (exact) mass is 115 g/mol. The van der Waals surface area contributed by atoms with Crippen molar-refractivity contribution in [1.82, 2.24) is 0 Å². The van der Waals surface area contributed by atoms with Crippen LogP contribution in [0.1, 0.15) is 12.8 Å². The Bertz CT molecular complexity index is 104. The molecule has 3 nitrogen and oxygen atoms in total. The van der Waals surface area contributed by atoms with Gasteiger partial charge in [0.25, 0.3) is 0 Å². The van der Waals surface area contributed by atoms with Crippen molar-refractivity contribution in [2.75, 3.05) is 0 Å². The molecule has 0 aliphatic heterocycles. The van der Waals surface area contributed by atoms with Crippen LogP contribution in [0.4, 0.5) is 0 Å². The highest BCUT2D eigenvalue weighted by atomic mass is 16.4. The third-order valence-electron chi connectivity index (χ3n) is 1.44. The molecule has 1 N–H and O–H groups in total. The Hall–Kier alpha value is -0.570. The van der Waals surface area contributed by atoms with Gasteiger partial charge in [0, 0.05) is 0 Å². The van der Waals surface area contributed by atoms with Crippen LogP contribution in [0.15, 0.2) is 0 Å². The average Bonchev–Trinajstić information content (AvgIpc) is 1.57.